The van der Waals surface area contributed by atoms with Gasteiger partial charge in [0, 0.05) is 25.7 Å². The summed E-state index contributed by atoms with van der Waals surface area (Å²) in [7, 11) is 4.82. The van der Waals surface area contributed by atoms with Crippen LogP contribution in [0.3, 0.4) is 0 Å². The number of thioether (sulfide) groups is 1. The van der Waals surface area contributed by atoms with Gasteiger partial charge in [-0.1, -0.05) is 69.1 Å². The van der Waals surface area contributed by atoms with Crippen molar-refractivity contribution in [2.45, 2.75) is 58.8 Å². The van der Waals surface area contributed by atoms with E-state index in [-0.39, 0.29) is 17.0 Å². The third kappa shape index (κ3) is 7.26. The van der Waals surface area contributed by atoms with Gasteiger partial charge in [0.2, 0.25) is 0 Å². The number of ether oxygens (including phenoxy) is 2. The zero-order valence-electron chi connectivity index (χ0n) is 24.0. The van der Waals surface area contributed by atoms with Crippen molar-refractivity contribution < 1.29 is 14.3 Å². The summed E-state index contributed by atoms with van der Waals surface area (Å²) in [4.78, 5) is 28.4. The molecule has 0 unspecified atom stereocenters. The molecular weight excluding hydrogens is 544 g/mol. The Labute approximate surface area is 246 Å². The van der Waals surface area contributed by atoms with Crippen LogP contribution in [0.1, 0.15) is 67.7 Å². The lowest BCUT2D eigenvalue weighted by Gasteiger charge is -2.18. The summed E-state index contributed by atoms with van der Waals surface area (Å²) in [6.07, 6.45) is 9.18. The summed E-state index contributed by atoms with van der Waals surface area (Å²) in [5, 5.41) is 13.1. The minimum absolute atomic E-state index is 0.0572. The Hall–Kier alpha value is -3.29. The molecule has 1 aromatic heterocycles. The molecule has 0 radical (unpaired) electrons. The molecule has 1 amide bonds. The molecular formula is C30H38N4O4S2. The molecule has 3 rings (SSSR count). The summed E-state index contributed by atoms with van der Waals surface area (Å²) in [6, 6.07) is 7.77. The first kappa shape index (κ1) is 31.2. The molecule has 1 aliphatic rings. The standard InChI is InChI=1S/C30H38N4O4S2/c1-6-7-8-9-10-11-16-34-29(36)26(40-30(34)39)18-22-20(2)23(19-31)28(35)33(3)27(22)32-15-14-21-12-13-24(37-4)25(17-21)38-5/h12-13,17-18,32H,6-11,14-16H2,1-5H3/b26-18+. The average Bonchev–Trinajstić information content (AvgIpc) is 3.22. The van der Waals surface area contributed by atoms with E-state index in [1.807, 2.05) is 24.3 Å². The summed E-state index contributed by atoms with van der Waals surface area (Å²) in [5.74, 6) is 1.71. The predicted octanol–water partition coefficient (Wildman–Crippen LogP) is 5.80. The molecule has 1 saturated heterocycles. The van der Waals surface area contributed by atoms with E-state index in [9.17, 15) is 14.9 Å². The van der Waals surface area contributed by atoms with Crippen molar-refractivity contribution in [1.82, 2.24) is 9.47 Å². The Balaban J connectivity index is 1.84. The normalized spacial score (nSPS) is 14.1. The minimum Gasteiger partial charge on any atom is -0.493 e. The van der Waals surface area contributed by atoms with Gasteiger partial charge in [0.25, 0.3) is 11.5 Å². The van der Waals surface area contributed by atoms with Crippen LogP contribution < -0.4 is 20.3 Å². The number of rotatable bonds is 14. The summed E-state index contributed by atoms with van der Waals surface area (Å²) in [6.45, 7) is 5.04. The lowest BCUT2D eigenvalue weighted by Crippen LogP contribution is -2.29. The Morgan fingerprint density at radius 3 is 2.48 bits per heavy atom. The largest absolute Gasteiger partial charge is 0.493 e. The number of carbonyl (C=O) groups is 1. The number of anilines is 1. The summed E-state index contributed by atoms with van der Waals surface area (Å²) < 4.78 is 12.7. The molecule has 1 N–H and O–H groups in total. The molecule has 1 aromatic carbocycles. The van der Waals surface area contributed by atoms with Gasteiger partial charge < -0.3 is 14.8 Å². The van der Waals surface area contributed by atoms with Crippen LogP contribution in [-0.4, -0.2) is 47.0 Å². The number of carbonyl (C=O) groups excluding carboxylic acids is 1. The molecule has 214 valence electrons. The van der Waals surface area contributed by atoms with E-state index in [0.29, 0.717) is 57.2 Å². The molecule has 0 saturated carbocycles. The number of thiocarbonyl (C=S) groups is 1. The molecule has 8 nitrogen and oxygen atoms in total. The number of amides is 1. The maximum absolute atomic E-state index is 13.3. The Morgan fingerprint density at radius 2 is 1.80 bits per heavy atom. The van der Waals surface area contributed by atoms with E-state index in [1.165, 1.54) is 35.6 Å². The number of hydrogen-bond donors (Lipinski definition) is 1. The third-order valence-electron chi connectivity index (χ3n) is 7.04. The van der Waals surface area contributed by atoms with Gasteiger partial charge >= 0.3 is 0 Å². The van der Waals surface area contributed by atoms with Crippen molar-refractivity contribution in [2.24, 2.45) is 7.05 Å². The molecule has 10 heteroatoms. The number of nitriles is 1. The number of hydrogen-bond acceptors (Lipinski definition) is 8. The van der Waals surface area contributed by atoms with Crippen LogP contribution in [0.15, 0.2) is 27.9 Å². The first-order valence-corrected chi connectivity index (χ1v) is 14.8. The van der Waals surface area contributed by atoms with Crippen molar-refractivity contribution in [3.63, 3.8) is 0 Å². The molecule has 0 spiro atoms. The number of aromatic nitrogens is 1. The van der Waals surface area contributed by atoms with Crippen molar-refractivity contribution in [3.05, 3.63) is 55.7 Å². The van der Waals surface area contributed by atoms with Crippen molar-refractivity contribution in [3.8, 4) is 17.6 Å². The van der Waals surface area contributed by atoms with Gasteiger partial charge in [-0.15, -0.1) is 0 Å². The van der Waals surface area contributed by atoms with Crippen LogP contribution in [0, 0.1) is 18.3 Å². The second kappa shape index (κ2) is 14.9. The maximum atomic E-state index is 13.3. The van der Waals surface area contributed by atoms with E-state index in [4.69, 9.17) is 21.7 Å². The molecule has 1 aliphatic heterocycles. The van der Waals surface area contributed by atoms with Gasteiger partial charge in [-0.25, -0.2) is 0 Å². The lowest BCUT2D eigenvalue weighted by atomic mass is 10.0. The summed E-state index contributed by atoms with van der Waals surface area (Å²) >= 11 is 6.80. The van der Waals surface area contributed by atoms with Gasteiger partial charge in [-0.2, -0.15) is 5.26 Å². The fraction of sp³-hybridized carbons (Fsp3) is 0.467. The monoisotopic (exact) mass is 582 g/mol. The van der Waals surface area contributed by atoms with Crippen LogP contribution in [-0.2, 0) is 18.3 Å². The van der Waals surface area contributed by atoms with Crippen LogP contribution in [0.2, 0.25) is 0 Å². The van der Waals surface area contributed by atoms with E-state index in [1.54, 1.807) is 39.2 Å². The second-order valence-electron chi connectivity index (χ2n) is 9.71. The Kier molecular flexibility index (Phi) is 11.6. The zero-order valence-corrected chi connectivity index (χ0v) is 25.6. The Morgan fingerprint density at radius 1 is 1.10 bits per heavy atom. The average molecular weight is 583 g/mol. The highest BCUT2D eigenvalue weighted by Gasteiger charge is 2.32. The highest BCUT2D eigenvalue weighted by atomic mass is 32.2. The predicted molar refractivity (Wildman–Crippen MR) is 166 cm³/mol. The van der Waals surface area contributed by atoms with E-state index in [2.05, 4.69) is 12.2 Å². The molecule has 2 aromatic rings. The molecule has 0 bridgehead atoms. The van der Waals surface area contributed by atoms with Gasteiger partial charge in [-0.05, 0) is 49.1 Å². The van der Waals surface area contributed by atoms with Gasteiger partial charge in [0.05, 0.1) is 19.1 Å². The van der Waals surface area contributed by atoms with Crippen LogP contribution >= 0.6 is 24.0 Å². The number of nitrogens with one attached hydrogen (secondary N) is 1. The fourth-order valence-electron chi connectivity index (χ4n) is 4.68. The Bertz CT molecular complexity index is 1380. The molecule has 0 atom stereocenters. The number of unbranched alkanes of at least 4 members (excludes halogenated alkanes) is 5. The van der Waals surface area contributed by atoms with Crippen LogP contribution in [0.4, 0.5) is 5.82 Å². The highest BCUT2D eigenvalue weighted by Crippen LogP contribution is 2.35. The molecule has 0 aliphatic carbocycles. The van der Waals surface area contributed by atoms with Gasteiger partial charge in [0.15, 0.2) is 11.5 Å². The molecule has 2 heterocycles. The summed E-state index contributed by atoms with van der Waals surface area (Å²) in [5.41, 5.74) is 1.85. The first-order chi connectivity index (χ1) is 19.3. The van der Waals surface area contributed by atoms with Gasteiger partial charge in [-0.3, -0.25) is 19.1 Å². The van der Waals surface area contributed by atoms with E-state index < -0.39 is 0 Å². The third-order valence-corrected chi connectivity index (χ3v) is 8.42. The number of pyridine rings is 1. The zero-order chi connectivity index (χ0) is 29.2. The number of methoxy groups -OCH3 is 2. The van der Waals surface area contributed by atoms with Gasteiger partial charge in [0.1, 0.15) is 21.8 Å². The number of benzene rings is 1. The number of nitrogens with zero attached hydrogens (tertiary/aromatic N) is 3. The molecule has 40 heavy (non-hydrogen) atoms. The molecule has 1 fully saturated rings. The van der Waals surface area contributed by atoms with Crippen LogP contribution in [0.25, 0.3) is 6.08 Å². The van der Waals surface area contributed by atoms with E-state index in [0.717, 1.165) is 24.8 Å². The van der Waals surface area contributed by atoms with Crippen LogP contribution in [0.5, 0.6) is 11.5 Å². The first-order valence-electron chi connectivity index (χ1n) is 13.6. The minimum atomic E-state index is -0.388. The topological polar surface area (TPSA) is 96.6 Å². The lowest BCUT2D eigenvalue weighted by molar-refractivity contribution is -0.122. The fourth-order valence-corrected chi connectivity index (χ4v) is 5.97. The van der Waals surface area contributed by atoms with E-state index >= 15 is 0 Å². The maximum Gasteiger partial charge on any atom is 0.270 e. The highest BCUT2D eigenvalue weighted by molar-refractivity contribution is 8.26. The quantitative estimate of drug-likeness (QED) is 0.170. The second-order valence-corrected chi connectivity index (χ2v) is 11.4. The van der Waals surface area contributed by atoms with Crippen molar-refractivity contribution in [1.29, 1.82) is 5.26 Å². The SMILES string of the molecule is CCCCCCCCN1C(=O)/C(=C\c2c(C)c(C#N)c(=O)n(C)c2NCCc2ccc(OC)c(OC)c2)SC1=S. The van der Waals surface area contributed by atoms with Crippen molar-refractivity contribution in [2.75, 3.05) is 32.6 Å². The van der Waals surface area contributed by atoms with Crippen molar-refractivity contribution >= 4 is 46.1 Å². The smallest absolute Gasteiger partial charge is 0.270 e.